The van der Waals surface area contributed by atoms with Gasteiger partial charge in [-0.15, -0.1) is 0 Å². The fraction of sp³-hybridized carbons (Fsp3) is 0.391. The number of para-hydroxylation sites is 1. The first kappa shape index (κ1) is 19.4. The molecule has 1 fully saturated rings. The third kappa shape index (κ3) is 3.84. The fourth-order valence-corrected chi connectivity index (χ4v) is 4.30. The third-order valence-electron chi connectivity index (χ3n) is 5.98. The maximum absolute atomic E-state index is 14.4. The van der Waals surface area contributed by atoms with Gasteiger partial charge < -0.3 is 14.7 Å². The van der Waals surface area contributed by atoms with E-state index in [2.05, 4.69) is 24.0 Å². The lowest BCUT2D eigenvalue weighted by Gasteiger charge is -2.37. The highest BCUT2D eigenvalue weighted by atomic mass is 19.1. The van der Waals surface area contributed by atoms with E-state index in [4.69, 9.17) is 0 Å². The van der Waals surface area contributed by atoms with Crippen molar-refractivity contribution in [2.24, 2.45) is 0 Å². The van der Waals surface area contributed by atoms with Gasteiger partial charge in [0.2, 0.25) is 5.91 Å². The van der Waals surface area contributed by atoms with Crippen molar-refractivity contribution in [3.8, 4) is 0 Å². The number of nitrogens with zero attached hydrogens (tertiary/aromatic N) is 3. The van der Waals surface area contributed by atoms with Crippen molar-refractivity contribution in [2.75, 3.05) is 42.5 Å². The van der Waals surface area contributed by atoms with Crippen molar-refractivity contribution in [2.45, 2.75) is 26.3 Å². The summed E-state index contributed by atoms with van der Waals surface area (Å²) in [6.45, 7) is 6.24. The first-order valence-electron chi connectivity index (χ1n) is 10.1. The molecule has 0 aromatic heterocycles. The maximum Gasteiger partial charge on any atom is 0.242 e. The normalized spacial score (nSPS) is 18.7. The molecular weight excluding hydrogens is 369 g/mol. The Kier molecular flexibility index (Phi) is 5.26. The number of ketones is 1. The van der Waals surface area contributed by atoms with Crippen LogP contribution in [0.15, 0.2) is 42.5 Å². The molecule has 2 aromatic rings. The van der Waals surface area contributed by atoms with Crippen LogP contribution in [0.3, 0.4) is 0 Å². The van der Waals surface area contributed by atoms with E-state index in [-0.39, 0.29) is 17.5 Å². The van der Waals surface area contributed by atoms with Crippen LogP contribution in [0, 0.1) is 5.82 Å². The number of anilines is 2. The minimum absolute atomic E-state index is 0.112. The van der Waals surface area contributed by atoms with Crippen LogP contribution in [0.5, 0.6) is 0 Å². The minimum Gasteiger partial charge on any atom is -0.366 e. The molecule has 6 heteroatoms. The van der Waals surface area contributed by atoms with Gasteiger partial charge in [0.1, 0.15) is 5.82 Å². The van der Waals surface area contributed by atoms with Crippen molar-refractivity contribution in [1.82, 2.24) is 4.90 Å². The molecule has 2 aromatic carbocycles. The third-order valence-corrected chi connectivity index (χ3v) is 5.98. The molecule has 0 saturated carbocycles. The molecule has 2 aliphatic heterocycles. The number of piperazine rings is 1. The van der Waals surface area contributed by atoms with E-state index in [1.165, 1.54) is 18.6 Å². The van der Waals surface area contributed by atoms with Crippen LogP contribution in [0.1, 0.15) is 29.8 Å². The second kappa shape index (κ2) is 7.85. The van der Waals surface area contributed by atoms with Crippen molar-refractivity contribution < 1.29 is 14.0 Å². The van der Waals surface area contributed by atoms with Gasteiger partial charge in [0.05, 0.1) is 12.2 Å². The van der Waals surface area contributed by atoms with Crippen LogP contribution in [0.4, 0.5) is 15.8 Å². The Balaban J connectivity index is 1.37. The molecular formula is C23H26FN3O2. The van der Waals surface area contributed by atoms with Crippen molar-refractivity contribution in [3.05, 3.63) is 59.4 Å². The van der Waals surface area contributed by atoms with Crippen LogP contribution in [-0.2, 0) is 11.2 Å². The van der Waals surface area contributed by atoms with Gasteiger partial charge in [0.25, 0.3) is 0 Å². The number of carbonyl (C=O) groups excluding carboxylic acids is 2. The summed E-state index contributed by atoms with van der Waals surface area (Å²) in [6.07, 6.45) is 0.965. The first-order valence-corrected chi connectivity index (χ1v) is 10.1. The predicted octanol–water partition coefficient (Wildman–Crippen LogP) is 3.13. The summed E-state index contributed by atoms with van der Waals surface area (Å²) in [5, 5.41) is 0. The predicted molar refractivity (Wildman–Crippen MR) is 112 cm³/mol. The number of halogens is 1. The number of amides is 1. The van der Waals surface area contributed by atoms with Gasteiger partial charge in [-0.1, -0.05) is 18.2 Å². The number of rotatable bonds is 4. The molecule has 0 aliphatic carbocycles. The van der Waals surface area contributed by atoms with E-state index in [0.29, 0.717) is 50.0 Å². The highest BCUT2D eigenvalue weighted by molar-refractivity contribution is 5.94. The molecule has 2 heterocycles. The van der Waals surface area contributed by atoms with Crippen molar-refractivity contribution >= 4 is 23.1 Å². The average molecular weight is 395 g/mol. The van der Waals surface area contributed by atoms with Gasteiger partial charge in [0, 0.05) is 43.5 Å². The van der Waals surface area contributed by atoms with Gasteiger partial charge >= 0.3 is 0 Å². The van der Waals surface area contributed by atoms with Crippen molar-refractivity contribution in [1.29, 1.82) is 0 Å². The monoisotopic (exact) mass is 395 g/mol. The Morgan fingerprint density at radius 2 is 1.76 bits per heavy atom. The fourth-order valence-electron chi connectivity index (χ4n) is 4.30. The Labute approximate surface area is 170 Å². The van der Waals surface area contributed by atoms with E-state index in [9.17, 15) is 14.0 Å². The molecule has 0 N–H and O–H groups in total. The van der Waals surface area contributed by atoms with Gasteiger partial charge in [-0.2, -0.15) is 0 Å². The number of hydrogen-bond donors (Lipinski definition) is 0. The van der Waals surface area contributed by atoms with Crippen LogP contribution in [0.25, 0.3) is 0 Å². The standard InChI is InChI=1S/C23H26FN3O2/c1-16-13-19-5-3-4-6-21(19)27(16)15-23(29)26-11-9-25(10-12-26)22-8-7-18(17(2)28)14-20(22)24/h3-8,14,16H,9-13,15H2,1-2H3/t16-/m0/s1. The largest absolute Gasteiger partial charge is 0.366 e. The second-order valence-electron chi connectivity index (χ2n) is 7.90. The molecule has 4 rings (SSSR count). The first-order chi connectivity index (χ1) is 13.9. The maximum atomic E-state index is 14.4. The SMILES string of the molecule is CC(=O)c1ccc(N2CCN(C(=O)CN3c4ccccc4C[C@@H]3C)CC2)c(F)c1. The molecule has 5 nitrogen and oxygen atoms in total. The summed E-state index contributed by atoms with van der Waals surface area (Å²) >= 11 is 0. The summed E-state index contributed by atoms with van der Waals surface area (Å²) < 4.78 is 14.4. The molecule has 1 amide bonds. The Bertz CT molecular complexity index is 937. The highest BCUT2D eigenvalue weighted by Crippen LogP contribution is 2.31. The summed E-state index contributed by atoms with van der Waals surface area (Å²) in [6, 6.07) is 13.2. The lowest BCUT2D eigenvalue weighted by atomic mass is 10.1. The molecule has 1 saturated heterocycles. The number of benzene rings is 2. The summed E-state index contributed by atoms with van der Waals surface area (Å²) in [5.41, 5.74) is 3.31. The van der Waals surface area contributed by atoms with Gasteiger partial charge in [0.15, 0.2) is 5.78 Å². The van der Waals surface area contributed by atoms with Gasteiger partial charge in [-0.25, -0.2) is 4.39 Å². The number of hydrogen-bond acceptors (Lipinski definition) is 4. The number of Topliss-reactive ketones (excluding diaryl/α,β-unsaturated/α-hetero) is 1. The van der Waals surface area contributed by atoms with E-state index < -0.39 is 0 Å². The van der Waals surface area contributed by atoms with Crippen molar-refractivity contribution in [3.63, 3.8) is 0 Å². The van der Waals surface area contributed by atoms with E-state index in [0.717, 1.165) is 12.1 Å². The zero-order valence-electron chi connectivity index (χ0n) is 16.9. The molecule has 29 heavy (non-hydrogen) atoms. The van der Waals surface area contributed by atoms with Gasteiger partial charge in [-0.05, 0) is 50.1 Å². The Morgan fingerprint density at radius 3 is 2.45 bits per heavy atom. The lowest BCUT2D eigenvalue weighted by Crippen LogP contribution is -2.52. The highest BCUT2D eigenvalue weighted by Gasteiger charge is 2.30. The minimum atomic E-state index is -0.389. The number of carbonyl (C=O) groups is 2. The summed E-state index contributed by atoms with van der Waals surface area (Å²) in [7, 11) is 0. The lowest BCUT2D eigenvalue weighted by molar-refractivity contribution is -0.130. The van der Waals surface area contributed by atoms with E-state index in [1.807, 2.05) is 21.9 Å². The van der Waals surface area contributed by atoms with E-state index in [1.54, 1.807) is 12.1 Å². The molecule has 0 bridgehead atoms. The second-order valence-corrected chi connectivity index (χ2v) is 7.90. The quantitative estimate of drug-likeness (QED) is 0.746. The zero-order chi connectivity index (χ0) is 20.5. The van der Waals surface area contributed by atoms with Crippen LogP contribution >= 0.6 is 0 Å². The summed E-state index contributed by atoms with van der Waals surface area (Å²) in [5.74, 6) is -0.427. The number of fused-ring (bicyclic) bond motifs is 1. The Morgan fingerprint density at radius 1 is 1.03 bits per heavy atom. The van der Waals surface area contributed by atoms with Crippen LogP contribution in [-0.4, -0.2) is 55.4 Å². The molecule has 1 atom stereocenters. The molecule has 0 unspecified atom stereocenters. The Hall–Kier alpha value is -2.89. The van der Waals surface area contributed by atoms with Crippen LogP contribution in [0.2, 0.25) is 0 Å². The molecule has 0 radical (unpaired) electrons. The van der Waals surface area contributed by atoms with Gasteiger partial charge in [-0.3, -0.25) is 9.59 Å². The smallest absolute Gasteiger partial charge is 0.242 e. The zero-order valence-corrected chi connectivity index (χ0v) is 16.9. The molecule has 0 spiro atoms. The molecule has 152 valence electrons. The van der Waals surface area contributed by atoms with Crippen LogP contribution < -0.4 is 9.80 Å². The topological polar surface area (TPSA) is 43.9 Å². The average Bonchev–Trinajstić information content (AvgIpc) is 3.03. The van der Waals surface area contributed by atoms with E-state index >= 15 is 0 Å². The summed E-state index contributed by atoms with van der Waals surface area (Å²) in [4.78, 5) is 30.3. The molecule has 2 aliphatic rings.